The van der Waals surface area contributed by atoms with Gasteiger partial charge in [0.15, 0.2) is 0 Å². The quantitative estimate of drug-likeness (QED) is 0.653. The van der Waals surface area contributed by atoms with E-state index in [4.69, 9.17) is 0 Å². The molecule has 0 aromatic rings. The van der Waals surface area contributed by atoms with Gasteiger partial charge in [-0.15, -0.1) is 0 Å². The second-order valence-corrected chi connectivity index (χ2v) is 4.83. The van der Waals surface area contributed by atoms with Crippen molar-refractivity contribution in [3.05, 3.63) is 0 Å². The van der Waals surface area contributed by atoms with Crippen molar-refractivity contribution in [1.29, 1.82) is 0 Å². The van der Waals surface area contributed by atoms with E-state index in [0.29, 0.717) is 0 Å². The first-order valence-electron chi connectivity index (χ1n) is 6.76. The third-order valence-corrected chi connectivity index (χ3v) is 3.63. The molecule has 0 amide bonds. The molecule has 0 aromatic carbocycles. The molecular formula is C13H28N2. The van der Waals surface area contributed by atoms with E-state index in [9.17, 15) is 0 Å². The third kappa shape index (κ3) is 4.12. The highest BCUT2D eigenvalue weighted by Crippen LogP contribution is 2.23. The fourth-order valence-corrected chi connectivity index (χ4v) is 2.66. The molecule has 1 aliphatic heterocycles. The molecule has 1 aliphatic rings. The van der Waals surface area contributed by atoms with Gasteiger partial charge in [0.05, 0.1) is 0 Å². The van der Waals surface area contributed by atoms with E-state index >= 15 is 0 Å². The molecule has 0 spiro atoms. The summed E-state index contributed by atoms with van der Waals surface area (Å²) >= 11 is 0. The smallest absolute Gasteiger partial charge is 0.00959 e. The van der Waals surface area contributed by atoms with Gasteiger partial charge in [0.25, 0.3) is 0 Å². The molecule has 1 fully saturated rings. The molecule has 1 N–H and O–H groups in total. The van der Waals surface area contributed by atoms with Crippen LogP contribution < -0.4 is 5.32 Å². The minimum atomic E-state index is 0.766. The number of hydrogen-bond acceptors (Lipinski definition) is 2. The molecule has 2 nitrogen and oxygen atoms in total. The predicted octanol–water partition coefficient (Wildman–Crippen LogP) is 2.64. The van der Waals surface area contributed by atoms with Crippen LogP contribution in [0.5, 0.6) is 0 Å². The Morgan fingerprint density at radius 2 is 2.13 bits per heavy atom. The molecule has 0 radical (unpaired) electrons. The number of nitrogens with zero attached hydrogens (tertiary/aromatic N) is 1. The molecule has 90 valence electrons. The zero-order valence-electron chi connectivity index (χ0n) is 10.8. The average Bonchev–Trinajstić information content (AvgIpc) is 2.72. The van der Waals surface area contributed by atoms with Crippen LogP contribution in [0.3, 0.4) is 0 Å². The van der Waals surface area contributed by atoms with Gasteiger partial charge in [0, 0.05) is 12.1 Å². The van der Waals surface area contributed by atoms with Crippen molar-refractivity contribution in [3.63, 3.8) is 0 Å². The SMILES string of the molecule is CCCNCCC(C)N1CCCC1CC. The van der Waals surface area contributed by atoms with Gasteiger partial charge in [-0.3, -0.25) is 4.90 Å². The maximum absolute atomic E-state index is 3.50. The van der Waals surface area contributed by atoms with Crippen LogP contribution in [0, 0.1) is 0 Å². The first-order valence-corrected chi connectivity index (χ1v) is 6.76. The van der Waals surface area contributed by atoms with E-state index in [2.05, 4.69) is 31.0 Å². The molecular weight excluding hydrogens is 184 g/mol. The zero-order chi connectivity index (χ0) is 11.1. The van der Waals surface area contributed by atoms with Crippen molar-refractivity contribution >= 4 is 0 Å². The second kappa shape index (κ2) is 7.24. The molecule has 0 aliphatic carbocycles. The minimum absolute atomic E-state index is 0.766. The van der Waals surface area contributed by atoms with Crippen LogP contribution >= 0.6 is 0 Å². The fourth-order valence-electron chi connectivity index (χ4n) is 2.66. The number of likely N-dealkylation sites (tertiary alicyclic amines) is 1. The Labute approximate surface area is 95.4 Å². The van der Waals surface area contributed by atoms with Crippen molar-refractivity contribution < 1.29 is 0 Å². The highest BCUT2D eigenvalue weighted by atomic mass is 15.2. The van der Waals surface area contributed by atoms with E-state index in [0.717, 1.165) is 12.1 Å². The van der Waals surface area contributed by atoms with Gasteiger partial charge in [0.1, 0.15) is 0 Å². The van der Waals surface area contributed by atoms with Crippen LogP contribution in [0.15, 0.2) is 0 Å². The molecule has 0 aromatic heterocycles. The van der Waals surface area contributed by atoms with Gasteiger partial charge in [-0.2, -0.15) is 0 Å². The third-order valence-electron chi connectivity index (χ3n) is 3.63. The van der Waals surface area contributed by atoms with Crippen molar-refractivity contribution in [3.8, 4) is 0 Å². The topological polar surface area (TPSA) is 15.3 Å². The summed E-state index contributed by atoms with van der Waals surface area (Å²) in [5.74, 6) is 0. The van der Waals surface area contributed by atoms with Gasteiger partial charge >= 0.3 is 0 Å². The van der Waals surface area contributed by atoms with Gasteiger partial charge in [-0.25, -0.2) is 0 Å². The van der Waals surface area contributed by atoms with E-state index < -0.39 is 0 Å². The molecule has 1 rings (SSSR count). The summed E-state index contributed by atoms with van der Waals surface area (Å²) in [7, 11) is 0. The van der Waals surface area contributed by atoms with E-state index in [1.54, 1.807) is 0 Å². The van der Waals surface area contributed by atoms with Gasteiger partial charge in [-0.1, -0.05) is 13.8 Å². The van der Waals surface area contributed by atoms with Crippen LogP contribution in [-0.2, 0) is 0 Å². The molecule has 1 saturated heterocycles. The molecule has 2 atom stereocenters. The highest BCUT2D eigenvalue weighted by molar-refractivity contribution is 4.82. The van der Waals surface area contributed by atoms with Crippen LogP contribution in [-0.4, -0.2) is 36.6 Å². The predicted molar refractivity (Wildman–Crippen MR) is 67.3 cm³/mol. The van der Waals surface area contributed by atoms with Crippen molar-refractivity contribution in [2.45, 2.75) is 65.0 Å². The normalized spacial score (nSPS) is 24.6. The van der Waals surface area contributed by atoms with E-state index in [1.807, 2.05) is 0 Å². The van der Waals surface area contributed by atoms with Gasteiger partial charge < -0.3 is 5.32 Å². The molecule has 2 unspecified atom stereocenters. The summed E-state index contributed by atoms with van der Waals surface area (Å²) in [6.07, 6.45) is 6.70. The summed E-state index contributed by atoms with van der Waals surface area (Å²) in [5, 5.41) is 3.50. The number of rotatable bonds is 7. The molecule has 2 heteroatoms. The Morgan fingerprint density at radius 1 is 1.33 bits per heavy atom. The number of hydrogen-bond donors (Lipinski definition) is 1. The molecule has 1 heterocycles. The summed E-state index contributed by atoms with van der Waals surface area (Å²) < 4.78 is 0. The second-order valence-electron chi connectivity index (χ2n) is 4.83. The first-order chi connectivity index (χ1) is 7.29. The Balaban J connectivity index is 2.17. The summed E-state index contributed by atoms with van der Waals surface area (Å²) in [6, 6.07) is 1.63. The lowest BCUT2D eigenvalue weighted by Crippen LogP contribution is -2.38. The fraction of sp³-hybridized carbons (Fsp3) is 1.00. The van der Waals surface area contributed by atoms with Crippen LogP contribution in [0.1, 0.15) is 52.9 Å². The van der Waals surface area contributed by atoms with Crippen molar-refractivity contribution in [1.82, 2.24) is 10.2 Å². The zero-order valence-corrected chi connectivity index (χ0v) is 10.8. The van der Waals surface area contributed by atoms with E-state index in [1.165, 1.54) is 51.7 Å². The highest BCUT2D eigenvalue weighted by Gasteiger charge is 2.26. The lowest BCUT2D eigenvalue weighted by molar-refractivity contribution is 0.178. The van der Waals surface area contributed by atoms with Gasteiger partial charge in [0.2, 0.25) is 0 Å². The van der Waals surface area contributed by atoms with Crippen LogP contribution in [0.2, 0.25) is 0 Å². The largest absolute Gasteiger partial charge is 0.317 e. The molecule has 15 heavy (non-hydrogen) atoms. The maximum Gasteiger partial charge on any atom is 0.00959 e. The molecule has 0 bridgehead atoms. The summed E-state index contributed by atoms with van der Waals surface area (Å²) in [6.45, 7) is 10.6. The number of nitrogens with one attached hydrogen (secondary N) is 1. The van der Waals surface area contributed by atoms with Gasteiger partial charge in [-0.05, 0) is 58.7 Å². The summed E-state index contributed by atoms with van der Waals surface area (Å²) in [5.41, 5.74) is 0. The Hall–Kier alpha value is -0.0800. The molecule has 0 saturated carbocycles. The monoisotopic (exact) mass is 212 g/mol. The minimum Gasteiger partial charge on any atom is -0.317 e. The maximum atomic E-state index is 3.50. The Kier molecular flexibility index (Phi) is 6.26. The average molecular weight is 212 g/mol. The van der Waals surface area contributed by atoms with E-state index in [-0.39, 0.29) is 0 Å². The van der Waals surface area contributed by atoms with Crippen molar-refractivity contribution in [2.24, 2.45) is 0 Å². The van der Waals surface area contributed by atoms with Crippen molar-refractivity contribution in [2.75, 3.05) is 19.6 Å². The lowest BCUT2D eigenvalue weighted by atomic mass is 10.1. The lowest BCUT2D eigenvalue weighted by Gasteiger charge is -2.30. The standard InChI is InChI=1S/C13H28N2/c1-4-9-14-10-8-12(3)15-11-6-7-13(15)5-2/h12-14H,4-11H2,1-3H3. The summed E-state index contributed by atoms with van der Waals surface area (Å²) in [4.78, 5) is 2.72. The van der Waals surface area contributed by atoms with Crippen LogP contribution in [0.25, 0.3) is 0 Å². The Morgan fingerprint density at radius 3 is 2.80 bits per heavy atom. The Bertz CT molecular complexity index is 159. The first kappa shape index (κ1) is 13.0. The van der Waals surface area contributed by atoms with Crippen LogP contribution in [0.4, 0.5) is 0 Å².